The van der Waals surface area contributed by atoms with Crippen LogP contribution in [0.2, 0.25) is 0 Å². The standard InChI is InChI=1S/C75H111N19O14/c1-11-44(9)62(92-68(100)55(88-70(102)60(77)42(5)6)31-47-23-25-51(95)26-24-47)73(105)90-58(34-50-37-80-40-83-50)74(106)94-28-18-22-59(94)69(101)87-54(30-46-19-14-13-15-20-46)64(96)86-56(32-48-35-78-38-81-48)66(98)85-53(29-41(3)4)67(99)91-61(43(7)8)71(103)93-63(45(10)12-2)72(104)89-57(33-49-36-79-39-82-49)65(97)84-52(75(107)108)21-16-17-27-76/h13-15,19-20,23-26,35-45,52-63,95H,11-12,16-18,21-22,27-34,76-77H2,1-10H3,(H,78,81)(H,79,82)(H,80,83)(H,84,97)(H,85,98)(H,86,96)(H,87,101)(H,88,102)(H,89,104)(H,90,105)(H,91,99)(H,92,100)(H,93,103)(H,107,108)/t44-,45-,52-,53-,54-,55-,56-,57-,58-,59-,60-,61-,62-,63-/m0/s1. The molecule has 6 rings (SSSR count). The van der Waals surface area contributed by atoms with E-state index in [9.17, 15) is 58.2 Å². The van der Waals surface area contributed by atoms with Gasteiger partial charge in [0.05, 0.1) is 42.1 Å². The van der Waals surface area contributed by atoms with Gasteiger partial charge in [-0.1, -0.05) is 125 Å². The van der Waals surface area contributed by atoms with E-state index < -0.39 is 161 Å². The second kappa shape index (κ2) is 42.7. The summed E-state index contributed by atoms with van der Waals surface area (Å²) in [4.78, 5) is 195. The highest BCUT2D eigenvalue weighted by Gasteiger charge is 2.43. The first-order valence-corrected chi connectivity index (χ1v) is 37.2. The number of phenolic OH excluding ortho intramolecular Hbond substituents is 1. The molecule has 0 aliphatic carbocycles. The molecule has 1 fully saturated rings. The van der Waals surface area contributed by atoms with Crippen molar-refractivity contribution in [2.45, 2.75) is 225 Å². The summed E-state index contributed by atoms with van der Waals surface area (Å²) in [5.41, 5.74) is 14.1. The number of rotatable bonds is 44. The van der Waals surface area contributed by atoms with Crippen LogP contribution in [0.1, 0.15) is 149 Å². The molecule has 19 N–H and O–H groups in total. The van der Waals surface area contributed by atoms with Crippen molar-refractivity contribution >= 4 is 70.9 Å². The number of benzene rings is 2. The number of H-pyrrole nitrogens is 3. The van der Waals surface area contributed by atoms with Crippen LogP contribution in [0.5, 0.6) is 5.75 Å². The van der Waals surface area contributed by atoms with Crippen molar-refractivity contribution in [3.63, 3.8) is 0 Å². The van der Waals surface area contributed by atoms with Crippen LogP contribution >= 0.6 is 0 Å². The van der Waals surface area contributed by atoms with Crippen LogP contribution in [0.3, 0.4) is 0 Å². The van der Waals surface area contributed by atoms with E-state index >= 15 is 9.59 Å². The summed E-state index contributed by atoms with van der Waals surface area (Å²) in [6.07, 6.45) is 10.3. The molecule has 5 aromatic rings. The van der Waals surface area contributed by atoms with Crippen molar-refractivity contribution in [1.82, 2.24) is 88.0 Å². The molecule has 1 aliphatic rings. The lowest BCUT2D eigenvalue weighted by atomic mass is 9.95. The number of carboxylic acid groups (broad SMARTS) is 1. The van der Waals surface area contributed by atoms with Crippen LogP contribution in [0.25, 0.3) is 0 Å². The Balaban J connectivity index is 1.22. The Kier molecular flexibility index (Phi) is 34.1. The van der Waals surface area contributed by atoms with Gasteiger partial charge in [0.15, 0.2) is 0 Å². The molecule has 0 spiro atoms. The molecule has 33 nitrogen and oxygen atoms in total. The van der Waals surface area contributed by atoms with Gasteiger partial charge in [-0.25, -0.2) is 19.7 Å². The molecule has 590 valence electrons. The maximum atomic E-state index is 15.2. The normalized spacial score (nSPS) is 16.5. The number of carbonyl (C=O) groups excluding carboxylic acids is 11. The summed E-state index contributed by atoms with van der Waals surface area (Å²) in [5, 5.41) is 47.7. The highest BCUT2D eigenvalue weighted by molar-refractivity contribution is 6.00. The van der Waals surface area contributed by atoms with E-state index in [0.717, 1.165) is 0 Å². The maximum absolute atomic E-state index is 15.2. The monoisotopic (exact) mass is 1500 g/mol. The Hall–Kier alpha value is -10.6. The zero-order chi connectivity index (χ0) is 79.3. The lowest BCUT2D eigenvalue weighted by molar-refractivity contribution is -0.142. The van der Waals surface area contributed by atoms with Gasteiger partial charge in [-0.2, -0.15) is 0 Å². The average Bonchev–Trinajstić information content (AvgIpc) is 1.57. The minimum Gasteiger partial charge on any atom is -0.508 e. The highest BCUT2D eigenvalue weighted by Crippen LogP contribution is 2.23. The number of nitrogens with zero attached hydrogens (tertiary/aromatic N) is 4. The predicted molar refractivity (Wildman–Crippen MR) is 399 cm³/mol. The molecular weight excluding hydrogens is 1390 g/mol. The topological polar surface area (TPSA) is 507 Å². The van der Waals surface area contributed by atoms with Gasteiger partial charge in [0.25, 0.3) is 0 Å². The summed E-state index contributed by atoms with van der Waals surface area (Å²) in [6, 6.07) is -0.668. The summed E-state index contributed by atoms with van der Waals surface area (Å²) in [6.45, 7) is 17.9. The molecule has 0 saturated carbocycles. The summed E-state index contributed by atoms with van der Waals surface area (Å²) < 4.78 is 0. The molecule has 33 heteroatoms. The Morgan fingerprint density at radius 2 is 0.907 bits per heavy atom. The predicted octanol–water partition coefficient (Wildman–Crippen LogP) is 0.905. The summed E-state index contributed by atoms with van der Waals surface area (Å²) in [7, 11) is 0. The Morgan fingerprint density at radius 1 is 0.491 bits per heavy atom. The third kappa shape index (κ3) is 26.4. The molecule has 108 heavy (non-hydrogen) atoms. The molecule has 0 unspecified atom stereocenters. The average molecular weight is 1500 g/mol. The van der Waals surface area contributed by atoms with E-state index in [2.05, 4.69) is 83.1 Å². The third-order valence-corrected chi connectivity index (χ3v) is 19.3. The third-order valence-electron chi connectivity index (χ3n) is 19.3. The van der Waals surface area contributed by atoms with Crippen molar-refractivity contribution in [2.75, 3.05) is 13.1 Å². The highest BCUT2D eigenvalue weighted by atomic mass is 16.4. The van der Waals surface area contributed by atoms with Crippen LogP contribution < -0.4 is 64.6 Å². The van der Waals surface area contributed by atoms with Crippen LogP contribution in [-0.2, 0) is 89.6 Å². The fourth-order valence-corrected chi connectivity index (χ4v) is 12.4. The number of carboxylic acids is 1. The largest absolute Gasteiger partial charge is 0.508 e. The number of amides is 11. The van der Waals surface area contributed by atoms with E-state index in [-0.39, 0.29) is 75.5 Å². The van der Waals surface area contributed by atoms with Gasteiger partial charge in [-0.15, -0.1) is 0 Å². The lowest BCUT2D eigenvalue weighted by Crippen LogP contribution is -2.62. The van der Waals surface area contributed by atoms with Crippen LogP contribution in [0.15, 0.2) is 92.2 Å². The van der Waals surface area contributed by atoms with Gasteiger partial charge < -0.3 is 94.7 Å². The van der Waals surface area contributed by atoms with E-state index in [1.165, 1.54) is 48.4 Å². The van der Waals surface area contributed by atoms with E-state index in [1.807, 2.05) is 20.8 Å². The molecule has 4 heterocycles. The smallest absolute Gasteiger partial charge is 0.326 e. The molecule has 3 aromatic heterocycles. The second-order valence-corrected chi connectivity index (χ2v) is 29.0. The first-order chi connectivity index (χ1) is 51.4. The van der Waals surface area contributed by atoms with Gasteiger partial charge in [-0.3, -0.25) is 52.7 Å². The fraction of sp³-hybridized carbons (Fsp3) is 0.560. The van der Waals surface area contributed by atoms with E-state index in [4.69, 9.17) is 11.5 Å². The zero-order valence-electron chi connectivity index (χ0n) is 63.3. The van der Waals surface area contributed by atoms with Gasteiger partial charge in [0.2, 0.25) is 65.0 Å². The van der Waals surface area contributed by atoms with Gasteiger partial charge in [0.1, 0.15) is 72.2 Å². The number of aromatic amines is 3. The lowest BCUT2D eigenvalue weighted by Gasteiger charge is -2.32. The molecular formula is C75H111N19O14. The number of nitrogens with one attached hydrogen (secondary N) is 13. The fourth-order valence-electron chi connectivity index (χ4n) is 12.4. The number of imidazole rings is 3. The van der Waals surface area contributed by atoms with Crippen LogP contribution in [0, 0.1) is 29.6 Å². The molecule has 14 atom stereocenters. The van der Waals surface area contributed by atoms with Crippen LogP contribution in [-0.4, -0.2) is 202 Å². The van der Waals surface area contributed by atoms with Crippen LogP contribution in [0.4, 0.5) is 0 Å². The van der Waals surface area contributed by atoms with Gasteiger partial charge >= 0.3 is 5.97 Å². The number of carbonyl (C=O) groups is 12. The second-order valence-electron chi connectivity index (χ2n) is 29.0. The van der Waals surface area contributed by atoms with E-state index in [0.29, 0.717) is 66.9 Å². The van der Waals surface area contributed by atoms with Crippen molar-refractivity contribution in [3.8, 4) is 5.75 Å². The molecule has 2 aromatic carbocycles. The zero-order valence-corrected chi connectivity index (χ0v) is 63.3. The number of aromatic hydroxyl groups is 1. The minimum absolute atomic E-state index is 0.0133. The number of hydrogen-bond acceptors (Lipinski definition) is 18. The maximum Gasteiger partial charge on any atom is 0.326 e. The molecule has 1 saturated heterocycles. The number of likely N-dealkylation sites (tertiary alicyclic amines) is 1. The first kappa shape index (κ1) is 86.4. The number of unbranched alkanes of at least 4 members (excludes halogenated alkanes) is 1. The Bertz CT molecular complexity index is 3730. The van der Waals surface area contributed by atoms with Crippen molar-refractivity contribution in [3.05, 3.63) is 120 Å². The van der Waals surface area contributed by atoms with Gasteiger partial charge in [-0.05, 0) is 97.9 Å². The number of aromatic nitrogens is 6. The number of nitrogens with two attached hydrogens (primary N) is 2. The van der Waals surface area contributed by atoms with Crippen molar-refractivity contribution < 1.29 is 67.7 Å². The number of phenols is 1. The SMILES string of the molecule is CC[C@H](C)[C@H](NC(=O)[C@H](Cc1ccc(O)cc1)NC(=O)[C@@H](N)C(C)C)C(=O)N[C@@H](Cc1c[nH]cn1)C(=O)N1CCC[C@H]1C(=O)N[C@@H](Cc1ccccc1)C(=O)N[C@@H](Cc1c[nH]cn1)C(=O)N[C@@H](CC(C)C)C(=O)N[C@H](C(=O)N[C@H](C(=O)N[C@@H](Cc1c[nH]cn1)C(=O)N[C@@H](CCCCN)C(=O)O)[C@@H](C)CC)C(C)C. The van der Waals surface area contributed by atoms with Gasteiger partial charge in [0, 0.05) is 57.2 Å². The summed E-state index contributed by atoms with van der Waals surface area (Å²) in [5.74, 6) is -11.8. The number of hydrogen-bond donors (Lipinski definition) is 17. The van der Waals surface area contributed by atoms with Crippen molar-refractivity contribution in [1.29, 1.82) is 0 Å². The molecule has 0 radical (unpaired) electrons. The first-order valence-electron chi connectivity index (χ1n) is 37.2. The molecule has 0 bridgehead atoms. The number of aliphatic carboxylic acids is 1. The molecule has 1 aliphatic heterocycles. The Labute approximate surface area is 629 Å². The van der Waals surface area contributed by atoms with E-state index in [1.54, 1.807) is 97.1 Å². The molecule has 11 amide bonds. The Morgan fingerprint density at radius 3 is 1.38 bits per heavy atom. The van der Waals surface area contributed by atoms with Crippen molar-refractivity contribution in [2.24, 2.45) is 41.1 Å². The minimum atomic E-state index is -1.46. The quantitative estimate of drug-likeness (QED) is 0.0241. The summed E-state index contributed by atoms with van der Waals surface area (Å²) >= 11 is 0.